The first-order valence-electron chi connectivity index (χ1n) is 6.83. The van der Waals surface area contributed by atoms with Gasteiger partial charge in [0, 0.05) is 27.9 Å². The first-order chi connectivity index (χ1) is 10.1. The van der Waals surface area contributed by atoms with E-state index in [1.165, 1.54) is 0 Å². The standard InChI is InChI=1S/C17H14Cl2O2/c18-12-6-5-11(15(19)10-12)9-16(20)13-7-8-21-17-4-2-1-3-14(13)17/h1-6,10,13H,7-9H2. The molecule has 2 aromatic rings. The van der Waals surface area contributed by atoms with Crippen LogP contribution < -0.4 is 4.74 Å². The summed E-state index contributed by atoms with van der Waals surface area (Å²) in [7, 11) is 0. The average molecular weight is 321 g/mol. The van der Waals surface area contributed by atoms with E-state index in [0.29, 0.717) is 29.5 Å². The lowest BCUT2D eigenvalue weighted by Gasteiger charge is -2.25. The summed E-state index contributed by atoms with van der Waals surface area (Å²) in [5.41, 5.74) is 1.79. The first-order valence-corrected chi connectivity index (χ1v) is 7.59. The smallest absolute Gasteiger partial charge is 0.145 e. The third-order valence-electron chi connectivity index (χ3n) is 3.73. The fourth-order valence-electron chi connectivity index (χ4n) is 2.65. The van der Waals surface area contributed by atoms with E-state index < -0.39 is 0 Å². The van der Waals surface area contributed by atoms with Gasteiger partial charge in [-0.2, -0.15) is 0 Å². The molecule has 0 saturated carbocycles. The van der Waals surface area contributed by atoms with Gasteiger partial charge >= 0.3 is 0 Å². The molecule has 1 aliphatic heterocycles. The Labute approximate surface area is 133 Å². The predicted octanol–water partition coefficient (Wildman–Crippen LogP) is 4.67. The SMILES string of the molecule is O=C(Cc1ccc(Cl)cc1Cl)C1CCOc2ccccc21. The number of para-hydroxylation sites is 1. The van der Waals surface area contributed by atoms with Crippen molar-refractivity contribution in [2.75, 3.05) is 6.61 Å². The van der Waals surface area contributed by atoms with Crippen molar-refractivity contribution in [2.45, 2.75) is 18.8 Å². The van der Waals surface area contributed by atoms with Gasteiger partial charge in [-0.1, -0.05) is 47.5 Å². The molecule has 0 aromatic heterocycles. The number of carbonyl (C=O) groups excluding carboxylic acids is 1. The Morgan fingerprint density at radius 2 is 2.00 bits per heavy atom. The molecular formula is C17H14Cl2O2. The van der Waals surface area contributed by atoms with Gasteiger partial charge in [-0.05, 0) is 30.2 Å². The molecule has 21 heavy (non-hydrogen) atoms. The van der Waals surface area contributed by atoms with Crippen LogP contribution in [-0.4, -0.2) is 12.4 Å². The summed E-state index contributed by atoms with van der Waals surface area (Å²) in [6, 6.07) is 13.0. The normalized spacial score (nSPS) is 17.0. The van der Waals surface area contributed by atoms with Crippen LogP contribution in [0.4, 0.5) is 0 Å². The molecule has 0 amide bonds. The maximum absolute atomic E-state index is 12.6. The number of ketones is 1. The van der Waals surface area contributed by atoms with Crippen LogP contribution in [0, 0.1) is 0 Å². The van der Waals surface area contributed by atoms with Crippen molar-refractivity contribution in [2.24, 2.45) is 0 Å². The molecule has 0 spiro atoms. The van der Waals surface area contributed by atoms with E-state index in [4.69, 9.17) is 27.9 Å². The molecule has 1 heterocycles. The van der Waals surface area contributed by atoms with E-state index in [1.807, 2.05) is 30.3 Å². The van der Waals surface area contributed by atoms with Crippen molar-refractivity contribution >= 4 is 29.0 Å². The minimum Gasteiger partial charge on any atom is -0.493 e. The maximum Gasteiger partial charge on any atom is 0.145 e. The van der Waals surface area contributed by atoms with Crippen molar-refractivity contribution in [3.63, 3.8) is 0 Å². The topological polar surface area (TPSA) is 26.3 Å². The van der Waals surface area contributed by atoms with Gasteiger partial charge in [0.15, 0.2) is 0 Å². The summed E-state index contributed by atoms with van der Waals surface area (Å²) in [5.74, 6) is 0.848. The quantitative estimate of drug-likeness (QED) is 0.821. The number of hydrogen-bond donors (Lipinski definition) is 0. The van der Waals surface area contributed by atoms with Crippen LogP contribution in [0.3, 0.4) is 0 Å². The zero-order chi connectivity index (χ0) is 14.8. The third-order valence-corrected chi connectivity index (χ3v) is 4.31. The molecule has 0 N–H and O–H groups in total. The minimum atomic E-state index is -0.123. The van der Waals surface area contributed by atoms with E-state index in [0.717, 1.165) is 16.9 Å². The van der Waals surface area contributed by atoms with Gasteiger partial charge in [0.05, 0.1) is 6.61 Å². The van der Waals surface area contributed by atoms with E-state index >= 15 is 0 Å². The van der Waals surface area contributed by atoms with Crippen LogP contribution in [0.15, 0.2) is 42.5 Å². The molecule has 0 aliphatic carbocycles. The highest BCUT2D eigenvalue weighted by molar-refractivity contribution is 6.35. The van der Waals surface area contributed by atoms with Crippen molar-refractivity contribution in [1.82, 2.24) is 0 Å². The number of carbonyl (C=O) groups is 1. The Kier molecular flexibility index (Phi) is 4.18. The number of hydrogen-bond acceptors (Lipinski definition) is 2. The van der Waals surface area contributed by atoms with Gasteiger partial charge in [0.25, 0.3) is 0 Å². The molecule has 0 fully saturated rings. The summed E-state index contributed by atoms with van der Waals surface area (Å²) in [5, 5.41) is 1.11. The van der Waals surface area contributed by atoms with Crippen molar-refractivity contribution < 1.29 is 9.53 Å². The van der Waals surface area contributed by atoms with Crippen molar-refractivity contribution in [3.05, 3.63) is 63.6 Å². The monoisotopic (exact) mass is 320 g/mol. The molecule has 0 saturated heterocycles. The molecule has 1 aliphatic rings. The summed E-state index contributed by atoms with van der Waals surface area (Å²) in [4.78, 5) is 12.6. The number of rotatable bonds is 3. The number of Topliss-reactive ketones (excluding diaryl/α,β-unsaturated/α-hetero) is 1. The second kappa shape index (κ2) is 6.08. The minimum absolute atomic E-state index is 0.123. The molecule has 108 valence electrons. The maximum atomic E-state index is 12.6. The van der Waals surface area contributed by atoms with E-state index in [9.17, 15) is 4.79 Å². The van der Waals surface area contributed by atoms with Crippen LogP contribution >= 0.6 is 23.2 Å². The number of ether oxygens (including phenoxy) is 1. The summed E-state index contributed by atoms with van der Waals surface area (Å²) >= 11 is 12.0. The Hall–Kier alpha value is -1.51. The highest BCUT2D eigenvalue weighted by Crippen LogP contribution is 2.35. The van der Waals surface area contributed by atoms with Gasteiger partial charge in [0.1, 0.15) is 11.5 Å². The van der Waals surface area contributed by atoms with E-state index in [-0.39, 0.29) is 11.7 Å². The molecule has 3 rings (SSSR count). The Morgan fingerprint density at radius 3 is 2.81 bits per heavy atom. The van der Waals surface area contributed by atoms with E-state index in [2.05, 4.69) is 0 Å². The fraction of sp³-hybridized carbons (Fsp3) is 0.235. The van der Waals surface area contributed by atoms with Crippen LogP contribution in [0.5, 0.6) is 5.75 Å². The van der Waals surface area contributed by atoms with Crippen LogP contribution in [0.2, 0.25) is 10.0 Å². The summed E-state index contributed by atoms with van der Waals surface area (Å²) in [6.07, 6.45) is 1.02. The molecule has 0 bridgehead atoms. The molecule has 1 unspecified atom stereocenters. The average Bonchev–Trinajstić information content (AvgIpc) is 2.49. The van der Waals surface area contributed by atoms with Crippen molar-refractivity contribution in [3.8, 4) is 5.75 Å². The Bertz CT molecular complexity index is 682. The molecule has 1 atom stereocenters. The van der Waals surface area contributed by atoms with Crippen LogP contribution in [0.1, 0.15) is 23.5 Å². The number of benzene rings is 2. The zero-order valence-electron chi connectivity index (χ0n) is 11.3. The van der Waals surface area contributed by atoms with E-state index in [1.54, 1.807) is 12.1 Å². The zero-order valence-corrected chi connectivity index (χ0v) is 12.8. The number of fused-ring (bicyclic) bond motifs is 1. The third kappa shape index (κ3) is 3.07. The second-order valence-corrected chi connectivity index (χ2v) is 5.95. The Balaban J connectivity index is 1.83. The van der Waals surface area contributed by atoms with Gasteiger partial charge in [-0.15, -0.1) is 0 Å². The molecular weight excluding hydrogens is 307 g/mol. The van der Waals surface area contributed by atoms with Crippen LogP contribution in [0.25, 0.3) is 0 Å². The van der Waals surface area contributed by atoms with Gasteiger partial charge in [-0.25, -0.2) is 0 Å². The number of halogens is 2. The lowest BCUT2D eigenvalue weighted by molar-refractivity contribution is -0.120. The Morgan fingerprint density at radius 1 is 1.19 bits per heavy atom. The van der Waals surface area contributed by atoms with Gasteiger partial charge in [-0.3, -0.25) is 4.79 Å². The molecule has 2 nitrogen and oxygen atoms in total. The largest absolute Gasteiger partial charge is 0.493 e. The first kappa shape index (κ1) is 14.4. The fourth-order valence-corrected chi connectivity index (χ4v) is 3.13. The highest BCUT2D eigenvalue weighted by atomic mass is 35.5. The molecule has 0 radical (unpaired) electrons. The van der Waals surface area contributed by atoms with Crippen molar-refractivity contribution in [1.29, 1.82) is 0 Å². The summed E-state index contributed by atoms with van der Waals surface area (Å²) < 4.78 is 5.60. The van der Waals surface area contributed by atoms with Gasteiger partial charge < -0.3 is 4.74 Å². The highest BCUT2D eigenvalue weighted by Gasteiger charge is 2.27. The summed E-state index contributed by atoms with van der Waals surface area (Å²) in [6.45, 7) is 0.571. The lowest BCUT2D eigenvalue weighted by atomic mass is 9.87. The predicted molar refractivity (Wildman–Crippen MR) is 84.5 cm³/mol. The molecule has 4 heteroatoms. The second-order valence-electron chi connectivity index (χ2n) is 5.11. The van der Waals surface area contributed by atoms with Crippen LogP contribution in [-0.2, 0) is 11.2 Å². The lowest BCUT2D eigenvalue weighted by Crippen LogP contribution is -2.22. The van der Waals surface area contributed by atoms with Gasteiger partial charge in [0.2, 0.25) is 0 Å². The molecule has 2 aromatic carbocycles.